The number of carbonyl (C=O) groups excluding carboxylic acids is 1. The largest absolute Gasteiger partial charge is 0.341 e. The fourth-order valence-electron chi connectivity index (χ4n) is 3.36. The second-order valence-corrected chi connectivity index (χ2v) is 8.56. The Hall–Kier alpha value is -3.52. The molecule has 0 spiro atoms. The van der Waals surface area contributed by atoms with E-state index in [-0.39, 0.29) is 34.7 Å². The van der Waals surface area contributed by atoms with Crippen LogP contribution in [0.25, 0.3) is 16.6 Å². The summed E-state index contributed by atoms with van der Waals surface area (Å²) in [7, 11) is 1.59. The minimum atomic E-state index is -0.441. The molecule has 4 rings (SSSR count). The number of aromatic nitrogens is 2. The van der Waals surface area contributed by atoms with Crippen LogP contribution in [0.2, 0.25) is 0 Å². The van der Waals surface area contributed by atoms with Crippen molar-refractivity contribution in [1.82, 2.24) is 14.5 Å². The third-order valence-electron chi connectivity index (χ3n) is 5.27. The van der Waals surface area contributed by atoms with Crippen molar-refractivity contribution in [2.24, 2.45) is 0 Å². The van der Waals surface area contributed by atoms with E-state index < -0.39 is 5.82 Å². The van der Waals surface area contributed by atoms with E-state index >= 15 is 0 Å². The number of benzene rings is 3. The molecule has 0 saturated heterocycles. The van der Waals surface area contributed by atoms with E-state index in [9.17, 15) is 18.4 Å². The van der Waals surface area contributed by atoms with Crippen molar-refractivity contribution in [1.29, 1.82) is 0 Å². The SMILES string of the molecule is Cc1ccc(-n2c(SCC(=O)N(C)Cc3ccccc3F)nc3ccccc3c2=O)cc1F. The molecule has 0 aliphatic rings. The van der Waals surface area contributed by atoms with Crippen LogP contribution < -0.4 is 5.56 Å². The Morgan fingerprint density at radius 1 is 1.03 bits per heavy atom. The van der Waals surface area contributed by atoms with Crippen LogP contribution in [0.1, 0.15) is 11.1 Å². The molecule has 168 valence electrons. The number of carbonyl (C=O) groups is 1. The molecule has 1 amide bonds. The third-order valence-corrected chi connectivity index (χ3v) is 6.20. The molecule has 4 aromatic rings. The molecule has 0 fully saturated rings. The first-order chi connectivity index (χ1) is 15.8. The number of amides is 1. The molecular formula is C25H21F2N3O2S. The molecule has 1 aromatic heterocycles. The van der Waals surface area contributed by atoms with Gasteiger partial charge in [-0.3, -0.25) is 14.2 Å². The Labute approximate surface area is 193 Å². The lowest BCUT2D eigenvalue weighted by atomic mass is 10.2. The van der Waals surface area contributed by atoms with Gasteiger partial charge in [-0.05, 0) is 42.8 Å². The molecule has 0 saturated carbocycles. The van der Waals surface area contributed by atoms with E-state index in [1.165, 1.54) is 21.6 Å². The van der Waals surface area contributed by atoms with Gasteiger partial charge in [0.2, 0.25) is 5.91 Å². The zero-order valence-electron chi connectivity index (χ0n) is 18.1. The monoisotopic (exact) mass is 465 g/mol. The first-order valence-corrected chi connectivity index (χ1v) is 11.2. The number of para-hydroxylation sites is 1. The van der Waals surface area contributed by atoms with Gasteiger partial charge in [-0.15, -0.1) is 0 Å². The zero-order chi connectivity index (χ0) is 23.5. The average Bonchev–Trinajstić information content (AvgIpc) is 2.81. The van der Waals surface area contributed by atoms with E-state index in [4.69, 9.17) is 0 Å². The van der Waals surface area contributed by atoms with Crippen molar-refractivity contribution >= 4 is 28.6 Å². The number of rotatable bonds is 6. The first-order valence-electron chi connectivity index (χ1n) is 10.2. The van der Waals surface area contributed by atoms with Gasteiger partial charge < -0.3 is 4.90 Å². The number of halogens is 2. The van der Waals surface area contributed by atoms with Crippen molar-refractivity contribution in [2.45, 2.75) is 18.6 Å². The average molecular weight is 466 g/mol. The summed E-state index contributed by atoms with van der Waals surface area (Å²) in [5, 5.41) is 0.667. The molecule has 0 atom stereocenters. The molecule has 0 radical (unpaired) electrons. The molecule has 8 heteroatoms. The fraction of sp³-hybridized carbons (Fsp3) is 0.160. The van der Waals surface area contributed by atoms with Crippen LogP contribution in [-0.2, 0) is 11.3 Å². The minimum Gasteiger partial charge on any atom is -0.341 e. The lowest BCUT2D eigenvalue weighted by molar-refractivity contribution is -0.127. The highest BCUT2D eigenvalue weighted by Gasteiger charge is 2.18. The summed E-state index contributed by atoms with van der Waals surface area (Å²) in [5.74, 6) is -1.10. The second-order valence-electron chi connectivity index (χ2n) is 7.62. The first kappa shape index (κ1) is 22.7. The van der Waals surface area contributed by atoms with E-state index in [2.05, 4.69) is 4.98 Å². The van der Waals surface area contributed by atoms with Gasteiger partial charge in [0.05, 0.1) is 22.3 Å². The van der Waals surface area contributed by atoms with Crippen molar-refractivity contribution < 1.29 is 13.6 Å². The highest BCUT2D eigenvalue weighted by atomic mass is 32.2. The maximum Gasteiger partial charge on any atom is 0.266 e. The van der Waals surface area contributed by atoms with Gasteiger partial charge in [0.1, 0.15) is 11.6 Å². The van der Waals surface area contributed by atoms with Crippen LogP contribution >= 0.6 is 11.8 Å². The van der Waals surface area contributed by atoms with Crippen molar-refractivity contribution in [3.63, 3.8) is 0 Å². The Bertz CT molecular complexity index is 1400. The Kier molecular flexibility index (Phi) is 6.55. The summed E-state index contributed by atoms with van der Waals surface area (Å²) in [6, 6.07) is 17.7. The van der Waals surface area contributed by atoms with Gasteiger partial charge in [-0.2, -0.15) is 0 Å². The maximum absolute atomic E-state index is 14.3. The standard InChI is InChI=1S/C25H21F2N3O2S/c1-16-11-12-18(13-21(16)27)30-24(32)19-8-4-6-10-22(19)28-25(30)33-15-23(31)29(2)14-17-7-3-5-9-20(17)26/h3-13H,14-15H2,1-2H3. The van der Waals surface area contributed by atoms with E-state index in [1.807, 2.05) is 0 Å². The Morgan fingerprint density at radius 2 is 1.76 bits per heavy atom. The highest BCUT2D eigenvalue weighted by molar-refractivity contribution is 7.99. The van der Waals surface area contributed by atoms with Crippen molar-refractivity contribution in [3.8, 4) is 5.69 Å². The summed E-state index contributed by atoms with van der Waals surface area (Å²) < 4.78 is 29.5. The number of thioether (sulfide) groups is 1. The third kappa shape index (κ3) is 4.80. The van der Waals surface area contributed by atoms with Gasteiger partial charge in [0.25, 0.3) is 5.56 Å². The van der Waals surface area contributed by atoms with Gasteiger partial charge in [0.15, 0.2) is 5.16 Å². The lowest BCUT2D eigenvalue weighted by Crippen LogP contribution is -2.29. The quantitative estimate of drug-likeness (QED) is 0.305. The molecular weight excluding hydrogens is 444 g/mol. The predicted octanol–water partition coefficient (Wildman–Crippen LogP) is 4.72. The molecule has 3 aromatic carbocycles. The van der Waals surface area contributed by atoms with Gasteiger partial charge in [-0.1, -0.05) is 48.2 Å². The van der Waals surface area contributed by atoms with Crippen LogP contribution in [0.15, 0.2) is 76.7 Å². The smallest absolute Gasteiger partial charge is 0.266 e. The zero-order valence-corrected chi connectivity index (χ0v) is 18.9. The number of fused-ring (bicyclic) bond motifs is 1. The number of hydrogen-bond acceptors (Lipinski definition) is 4. The van der Waals surface area contributed by atoms with Gasteiger partial charge >= 0.3 is 0 Å². The number of aryl methyl sites for hydroxylation is 1. The molecule has 1 heterocycles. The molecule has 0 unspecified atom stereocenters. The topological polar surface area (TPSA) is 55.2 Å². The molecule has 33 heavy (non-hydrogen) atoms. The molecule has 0 N–H and O–H groups in total. The summed E-state index contributed by atoms with van der Waals surface area (Å²) in [4.78, 5) is 32.0. The van der Waals surface area contributed by atoms with E-state index in [1.54, 1.807) is 68.6 Å². The number of hydrogen-bond donors (Lipinski definition) is 0. The second kappa shape index (κ2) is 9.54. The van der Waals surface area contributed by atoms with E-state index in [0.717, 1.165) is 11.8 Å². The van der Waals surface area contributed by atoms with Crippen molar-refractivity contribution in [2.75, 3.05) is 12.8 Å². The van der Waals surface area contributed by atoms with Crippen LogP contribution in [0.5, 0.6) is 0 Å². The van der Waals surface area contributed by atoms with Crippen molar-refractivity contribution in [3.05, 3.63) is 99.8 Å². The molecule has 0 aliphatic heterocycles. The summed E-state index contributed by atoms with van der Waals surface area (Å²) in [6.45, 7) is 1.76. The molecule has 5 nitrogen and oxygen atoms in total. The maximum atomic E-state index is 14.3. The summed E-state index contributed by atoms with van der Waals surface area (Å²) in [5.41, 5.74) is 1.34. The van der Waals surface area contributed by atoms with E-state index in [0.29, 0.717) is 27.7 Å². The lowest BCUT2D eigenvalue weighted by Gasteiger charge is -2.18. The molecule has 0 bridgehead atoms. The number of nitrogens with zero attached hydrogens (tertiary/aromatic N) is 3. The van der Waals surface area contributed by atoms with Gasteiger partial charge in [0, 0.05) is 19.2 Å². The Morgan fingerprint density at radius 3 is 2.52 bits per heavy atom. The normalized spacial score (nSPS) is 11.0. The summed E-state index contributed by atoms with van der Waals surface area (Å²) in [6.07, 6.45) is 0. The Balaban J connectivity index is 1.65. The predicted molar refractivity (Wildman–Crippen MR) is 126 cm³/mol. The van der Waals surface area contributed by atoms with Crippen LogP contribution in [0, 0.1) is 18.6 Å². The summed E-state index contributed by atoms with van der Waals surface area (Å²) >= 11 is 1.08. The van der Waals surface area contributed by atoms with Crippen LogP contribution in [0.3, 0.4) is 0 Å². The fourth-order valence-corrected chi connectivity index (χ4v) is 4.32. The molecule has 0 aliphatic carbocycles. The van der Waals surface area contributed by atoms with Crippen LogP contribution in [-0.4, -0.2) is 33.2 Å². The van der Waals surface area contributed by atoms with Gasteiger partial charge in [-0.25, -0.2) is 13.8 Å². The highest BCUT2D eigenvalue weighted by Crippen LogP contribution is 2.23. The minimum absolute atomic E-state index is 0.0237. The van der Waals surface area contributed by atoms with Crippen LogP contribution in [0.4, 0.5) is 8.78 Å².